The smallest absolute Gasteiger partial charge is 0.153 e. The summed E-state index contributed by atoms with van der Waals surface area (Å²) in [5, 5.41) is 23.5. The molecule has 9 heteroatoms. The van der Waals surface area contributed by atoms with Gasteiger partial charge < -0.3 is 14.5 Å². The summed E-state index contributed by atoms with van der Waals surface area (Å²) in [6.07, 6.45) is 7.93. The number of fused-ring (bicyclic) bond motifs is 2. The third-order valence-corrected chi connectivity index (χ3v) is 6.87. The van der Waals surface area contributed by atoms with E-state index in [-0.39, 0.29) is 6.10 Å². The van der Waals surface area contributed by atoms with Crippen molar-refractivity contribution in [2.75, 3.05) is 38.1 Å². The van der Waals surface area contributed by atoms with Crippen LogP contribution in [-0.2, 0) is 6.42 Å². The van der Waals surface area contributed by atoms with Gasteiger partial charge in [0.15, 0.2) is 5.82 Å². The molecule has 3 aromatic heterocycles. The number of aromatic nitrogens is 5. The average molecular weight is 467 g/mol. The van der Waals surface area contributed by atoms with E-state index >= 15 is 0 Å². The summed E-state index contributed by atoms with van der Waals surface area (Å²) < 4.78 is 8.32. The molecule has 2 aliphatic rings. The first-order valence-corrected chi connectivity index (χ1v) is 12.0. The van der Waals surface area contributed by atoms with E-state index in [9.17, 15) is 5.26 Å². The number of nitrogens with zero attached hydrogens (tertiary/aromatic N) is 8. The number of hydrogen-bond donors (Lipinski definition) is 0. The fourth-order valence-corrected chi connectivity index (χ4v) is 4.89. The van der Waals surface area contributed by atoms with Crippen LogP contribution in [0.5, 0.6) is 5.75 Å². The molecule has 0 bridgehead atoms. The van der Waals surface area contributed by atoms with E-state index in [1.165, 1.54) is 0 Å². The first-order valence-electron chi connectivity index (χ1n) is 12.0. The van der Waals surface area contributed by atoms with Gasteiger partial charge >= 0.3 is 0 Å². The monoisotopic (exact) mass is 466 g/mol. The molecule has 1 saturated heterocycles. The lowest BCUT2D eigenvalue weighted by Gasteiger charge is -2.32. The van der Waals surface area contributed by atoms with Crippen molar-refractivity contribution in [2.24, 2.45) is 0 Å². The van der Waals surface area contributed by atoms with Crippen molar-refractivity contribution < 1.29 is 4.74 Å². The van der Waals surface area contributed by atoms with Crippen LogP contribution in [0.1, 0.15) is 35.8 Å². The van der Waals surface area contributed by atoms with Gasteiger partial charge in [0.1, 0.15) is 17.9 Å². The predicted molar refractivity (Wildman–Crippen MR) is 132 cm³/mol. The highest BCUT2D eigenvalue weighted by Gasteiger charge is 2.24. The Morgan fingerprint density at radius 2 is 1.94 bits per heavy atom. The Morgan fingerprint density at radius 1 is 1.06 bits per heavy atom. The molecule has 4 aromatic rings. The minimum atomic E-state index is -0.133. The number of nitriles is 1. The van der Waals surface area contributed by atoms with Crippen LogP contribution in [0.4, 0.5) is 5.82 Å². The van der Waals surface area contributed by atoms with E-state index in [1.54, 1.807) is 12.4 Å². The van der Waals surface area contributed by atoms with E-state index in [0.29, 0.717) is 5.56 Å². The molecule has 9 nitrogen and oxygen atoms in total. The Kier molecular flexibility index (Phi) is 5.51. The van der Waals surface area contributed by atoms with Gasteiger partial charge in [0.2, 0.25) is 0 Å². The molecule has 1 unspecified atom stereocenters. The van der Waals surface area contributed by atoms with Crippen LogP contribution >= 0.6 is 0 Å². The van der Waals surface area contributed by atoms with Crippen LogP contribution in [0.15, 0.2) is 48.9 Å². The van der Waals surface area contributed by atoms with E-state index < -0.39 is 0 Å². The third-order valence-electron chi connectivity index (χ3n) is 6.87. The van der Waals surface area contributed by atoms with Gasteiger partial charge in [-0.2, -0.15) is 15.5 Å². The Hall–Kier alpha value is -4.03. The number of pyridine rings is 1. The van der Waals surface area contributed by atoms with Crippen molar-refractivity contribution in [3.63, 3.8) is 0 Å². The maximum Gasteiger partial charge on any atom is 0.153 e. The van der Waals surface area contributed by atoms with Gasteiger partial charge in [-0.3, -0.25) is 4.98 Å². The molecule has 0 radical (unpaired) electrons. The molecule has 0 N–H and O–H groups in total. The molecule has 35 heavy (non-hydrogen) atoms. The summed E-state index contributed by atoms with van der Waals surface area (Å²) in [5.74, 6) is 1.64. The lowest BCUT2D eigenvalue weighted by molar-refractivity contribution is 0.178. The summed E-state index contributed by atoms with van der Waals surface area (Å²) >= 11 is 0. The summed E-state index contributed by atoms with van der Waals surface area (Å²) in [6.45, 7) is 3.88. The summed E-state index contributed by atoms with van der Waals surface area (Å²) in [4.78, 5) is 9.14. The zero-order valence-electron chi connectivity index (χ0n) is 19.6. The highest BCUT2D eigenvalue weighted by molar-refractivity contribution is 5.81. The Bertz CT molecular complexity index is 1420. The quantitative estimate of drug-likeness (QED) is 0.452. The Labute approximate surface area is 203 Å². The van der Waals surface area contributed by atoms with Gasteiger partial charge in [-0.25, -0.2) is 4.68 Å². The molecule has 0 saturated carbocycles. The van der Waals surface area contributed by atoms with Crippen molar-refractivity contribution in [3.05, 3.63) is 65.7 Å². The first kappa shape index (κ1) is 21.5. The molecule has 1 aromatic carbocycles. The summed E-state index contributed by atoms with van der Waals surface area (Å²) in [7, 11) is 2.14. The van der Waals surface area contributed by atoms with Crippen molar-refractivity contribution in [3.8, 4) is 17.5 Å². The topological polar surface area (TPSA) is 96.0 Å². The summed E-state index contributed by atoms with van der Waals surface area (Å²) in [5.41, 5.74) is 4.44. The number of ether oxygens (including phenoxy) is 1. The molecule has 0 spiro atoms. The molecule has 1 aliphatic carbocycles. The molecular formula is C26H26N8O. The van der Waals surface area contributed by atoms with Crippen molar-refractivity contribution in [2.45, 2.75) is 25.4 Å². The molecule has 4 heterocycles. The number of anilines is 1. The molecule has 6 rings (SSSR count). The largest absolute Gasteiger partial charge is 0.484 e. The van der Waals surface area contributed by atoms with Crippen LogP contribution in [-0.4, -0.2) is 63.1 Å². The lowest BCUT2D eigenvalue weighted by Crippen LogP contribution is -2.44. The van der Waals surface area contributed by atoms with Gasteiger partial charge in [0.25, 0.3) is 0 Å². The van der Waals surface area contributed by atoms with Crippen LogP contribution in [0, 0.1) is 11.3 Å². The normalized spacial score (nSPS) is 18.3. The second-order valence-electron chi connectivity index (χ2n) is 9.22. The lowest BCUT2D eigenvalue weighted by atomic mass is 9.93. The van der Waals surface area contributed by atoms with Crippen LogP contribution in [0.3, 0.4) is 0 Å². The SMILES string of the molecule is CN1CCN(c2cc(-n3ncc4ccc(OC5CCCc6cc(C#N)cnc65)cc43)cnn2)CC1. The highest BCUT2D eigenvalue weighted by atomic mass is 16.5. The Morgan fingerprint density at radius 3 is 2.80 bits per heavy atom. The van der Waals surface area contributed by atoms with Crippen molar-refractivity contribution in [1.82, 2.24) is 29.9 Å². The fourth-order valence-electron chi connectivity index (χ4n) is 4.89. The highest BCUT2D eigenvalue weighted by Crippen LogP contribution is 2.34. The number of hydrogen-bond acceptors (Lipinski definition) is 8. The average Bonchev–Trinajstić information content (AvgIpc) is 3.32. The Balaban J connectivity index is 1.29. The minimum Gasteiger partial charge on any atom is -0.484 e. The van der Waals surface area contributed by atoms with Gasteiger partial charge in [0, 0.05) is 49.9 Å². The first-order chi connectivity index (χ1) is 17.2. The standard InChI is InChI=1S/C26H26N8O/c1-32-7-9-33(10-8-32)25-12-21(17-29-31-25)34-23-13-22(6-5-20(23)16-30-34)35-24-4-2-3-19-11-18(14-27)15-28-26(19)24/h5-6,11-13,15-17,24H,2-4,7-10H2,1H3. The van der Waals surface area contributed by atoms with Crippen LogP contribution in [0.25, 0.3) is 16.6 Å². The van der Waals surface area contributed by atoms with Crippen molar-refractivity contribution >= 4 is 16.7 Å². The van der Waals surface area contributed by atoms with E-state index in [0.717, 1.165) is 84.9 Å². The third kappa shape index (κ3) is 4.17. The van der Waals surface area contributed by atoms with Gasteiger partial charge in [0.05, 0.1) is 34.9 Å². The van der Waals surface area contributed by atoms with E-state index in [2.05, 4.69) is 43.2 Å². The molecular weight excluding hydrogens is 440 g/mol. The van der Waals surface area contributed by atoms with E-state index in [4.69, 9.17) is 4.74 Å². The zero-order valence-corrected chi connectivity index (χ0v) is 19.6. The number of benzene rings is 1. The maximum absolute atomic E-state index is 9.20. The summed E-state index contributed by atoms with van der Waals surface area (Å²) in [6, 6.07) is 12.2. The van der Waals surface area contributed by atoms with Crippen LogP contribution in [0.2, 0.25) is 0 Å². The van der Waals surface area contributed by atoms with Gasteiger partial charge in [-0.05, 0) is 50.1 Å². The molecule has 0 amide bonds. The second-order valence-corrected chi connectivity index (χ2v) is 9.22. The van der Waals surface area contributed by atoms with Crippen molar-refractivity contribution in [1.29, 1.82) is 5.26 Å². The second kappa shape index (κ2) is 8.96. The molecule has 1 aliphatic heterocycles. The number of likely N-dealkylation sites (N-methyl/N-ethyl adjacent to an activating group) is 1. The fraction of sp³-hybridized carbons (Fsp3) is 0.346. The van der Waals surface area contributed by atoms with Gasteiger partial charge in [-0.1, -0.05) is 0 Å². The van der Waals surface area contributed by atoms with Gasteiger partial charge in [-0.15, -0.1) is 5.10 Å². The number of piperazine rings is 1. The zero-order chi connectivity index (χ0) is 23.8. The van der Waals surface area contributed by atoms with Crippen LogP contribution < -0.4 is 9.64 Å². The molecule has 1 fully saturated rings. The molecule has 1 atom stereocenters. The minimum absolute atomic E-state index is 0.133. The van der Waals surface area contributed by atoms with E-state index in [1.807, 2.05) is 41.2 Å². The predicted octanol–water partition coefficient (Wildman–Crippen LogP) is 3.29. The number of rotatable bonds is 4. The maximum atomic E-state index is 9.20. The molecule has 176 valence electrons. The number of aryl methyl sites for hydroxylation is 1.